The summed E-state index contributed by atoms with van der Waals surface area (Å²) in [5.74, 6) is -6.36. The zero-order chi connectivity index (χ0) is 17.0. The quantitative estimate of drug-likeness (QED) is 0.695. The van der Waals surface area contributed by atoms with Crippen LogP contribution in [0.1, 0.15) is 22.0 Å². The third-order valence-corrected chi connectivity index (χ3v) is 3.09. The summed E-state index contributed by atoms with van der Waals surface area (Å²) in [5, 5.41) is 2.30. The van der Waals surface area contributed by atoms with Gasteiger partial charge < -0.3 is 10.1 Å². The molecule has 2 rings (SSSR count). The van der Waals surface area contributed by atoms with Crippen molar-refractivity contribution in [2.75, 3.05) is 7.11 Å². The number of ether oxygens (including phenoxy) is 1. The Morgan fingerprint density at radius 3 is 2.13 bits per heavy atom. The summed E-state index contributed by atoms with van der Waals surface area (Å²) in [5.41, 5.74) is -0.0259. The Kier molecular flexibility index (Phi) is 5.00. The minimum atomic E-state index is -1.67. The highest BCUT2D eigenvalue weighted by molar-refractivity contribution is 5.97. The maximum absolute atomic E-state index is 13.2. The third kappa shape index (κ3) is 3.68. The van der Waals surface area contributed by atoms with Crippen molar-refractivity contribution in [1.29, 1.82) is 0 Å². The maximum atomic E-state index is 13.2. The minimum absolute atomic E-state index is 0.427. The molecule has 7 heteroatoms. The summed E-state index contributed by atoms with van der Waals surface area (Å²) in [6.07, 6.45) is 0. The van der Waals surface area contributed by atoms with Crippen LogP contribution in [0.2, 0.25) is 0 Å². The summed E-state index contributed by atoms with van der Waals surface area (Å²) in [6, 6.07) is 8.10. The standard InChI is InChI=1S/C16H12F3NO3/c1-23-16(22)14(9-5-3-2-4-6-9)20-15(21)10-7-11(17)13(19)12(18)8-10/h2-8,14H,1H3,(H,20,21). The van der Waals surface area contributed by atoms with Crippen LogP contribution in [0, 0.1) is 17.5 Å². The van der Waals surface area contributed by atoms with Crippen molar-refractivity contribution >= 4 is 11.9 Å². The number of methoxy groups -OCH3 is 1. The zero-order valence-corrected chi connectivity index (χ0v) is 12.0. The summed E-state index contributed by atoms with van der Waals surface area (Å²) in [7, 11) is 1.14. The molecule has 0 bridgehead atoms. The molecule has 0 saturated heterocycles. The molecule has 0 radical (unpaired) electrons. The number of halogens is 3. The minimum Gasteiger partial charge on any atom is -0.467 e. The average molecular weight is 323 g/mol. The lowest BCUT2D eigenvalue weighted by Gasteiger charge is -2.17. The second-order valence-corrected chi connectivity index (χ2v) is 4.59. The molecule has 0 aliphatic carbocycles. The first-order valence-corrected chi connectivity index (χ1v) is 6.52. The van der Waals surface area contributed by atoms with Crippen LogP contribution in [0.3, 0.4) is 0 Å². The molecule has 2 aromatic rings. The highest BCUT2D eigenvalue weighted by atomic mass is 19.2. The number of hydrogen-bond acceptors (Lipinski definition) is 3. The molecule has 1 unspecified atom stereocenters. The molecule has 23 heavy (non-hydrogen) atoms. The van der Waals surface area contributed by atoms with Crippen molar-refractivity contribution in [3.8, 4) is 0 Å². The molecular formula is C16H12F3NO3. The fraction of sp³-hybridized carbons (Fsp3) is 0.125. The Labute approximate surface area is 129 Å². The van der Waals surface area contributed by atoms with E-state index in [0.29, 0.717) is 17.7 Å². The van der Waals surface area contributed by atoms with E-state index in [0.717, 1.165) is 7.11 Å². The Hall–Kier alpha value is -2.83. The topological polar surface area (TPSA) is 55.4 Å². The van der Waals surface area contributed by atoms with E-state index in [-0.39, 0.29) is 0 Å². The van der Waals surface area contributed by atoms with Crippen LogP contribution in [0.15, 0.2) is 42.5 Å². The highest BCUT2D eigenvalue weighted by Gasteiger charge is 2.25. The molecule has 0 spiro atoms. The van der Waals surface area contributed by atoms with Gasteiger partial charge in [-0.2, -0.15) is 0 Å². The maximum Gasteiger partial charge on any atom is 0.333 e. The number of carbonyl (C=O) groups excluding carboxylic acids is 2. The summed E-state index contributed by atoms with van der Waals surface area (Å²) >= 11 is 0. The first kappa shape index (κ1) is 16.5. The predicted molar refractivity (Wildman–Crippen MR) is 75.0 cm³/mol. The van der Waals surface area contributed by atoms with E-state index in [4.69, 9.17) is 0 Å². The van der Waals surface area contributed by atoms with Crippen molar-refractivity contribution in [2.24, 2.45) is 0 Å². The lowest BCUT2D eigenvalue weighted by Crippen LogP contribution is -2.34. The molecule has 0 saturated carbocycles. The fourth-order valence-corrected chi connectivity index (χ4v) is 1.94. The smallest absolute Gasteiger partial charge is 0.333 e. The van der Waals surface area contributed by atoms with Gasteiger partial charge >= 0.3 is 5.97 Å². The van der Waals surface area contributed by atoms with Crippen molar-refractivity contribution < 1.29 is 27.5 Å². The van der Waals surface area contributed by atoms with E-state index in [1.165, 1.54) is 0 Å². The lowest BCUT2D eigenvalue weighted by molar-refractivity contribution is -0.143. The molecule has 0 fully saturated rings. The summed E-state index contributed by atoms with van der Waals surface area (Å²) in [6.45, 7) is 0. The SMILES string of the molecule is COC(=O)C(NC(=O)c1cc(F)c(F)c(F)c1)c1ccccc1. The summed E-state index contributed by atoms with van der Waals surface area (Å²) in [4.78, 5) is 23.9. The lowest BCUT2D eigenvalue weighted by atomic mass is 10.1. The van der Waals surface area contributed by atoms with Crippen LogP contribution in [0.5, 0.6) is 0 Å². The summed E-state index contributed by atoms with van der Waals surface area (Å²) < 4.78 is 43.9. The van der Waals surface area contributed by atoms with Crippen LogP contribution < -0.4 is 5.32 Å². The Morgan fingerprint density at radius 1 is 1.04 bits per heavy atom. The van der Waals surface area contributed by atoms with Gasteiger partial charge in [-0.15, -0.1) is 0 Å². The molecule has 0 aliphatic heterocycles. The van der Waals surface area contributed by atoms with Gasteiger partial charge in [0.15, 0.2) is 23.5 Å². The Morgan fingerprint density at radius 2 is 1.61 bits per heavy atom. The number of benzene rings is 2. The molecule has 0 heterocycles. The van der Waals surface area contributed by atoms with Crippen LogP contribution in [-0.2, 0) is 9.53 Å². The van der Waals surface area contributed by atoms with Gasteiger partial charge in [-0.3, -0.25) is 4.79 Å². The van der Waals surface area contributed by atoms with E-state index in [9.17, 15) is 22.8 Å². The van der Waals surface area contributed by atoms with Gasteiger partial charge in [-0.1, -0.05) is 30.3 Å². The van der Waals surface area contributed by atoms with Crippen molar-refractivity contribution in [1.82, 2.24) is 5.32 Å². The normalized spacial score (nSPS) is 11.7. The Balaban J connectivity index is 2.30. The molecular weight excluding hydrogens is 311 g/mol. The molecule has 2 aromatic carbocycles. The molecule has 1 amide bonds. The second-order valence-electron chi connectivity index (χ2n) is 4.59. The van der Waals surface area contributed by atoms with Gasteiger partial charge in [0.05, 0.1) is 7.11 Å². The van der Waals surface area contributed by atoms with Gasteiger partial charge in [0, 0.05) is 5.56 Å². The van der Waals surface area contributed by atoms with Crippen LogP contribution >= 0.6 is 0 Å². The molecule has 4 nitrogen and oxygen atoms in total. The number of esters is 1. The number of rotatable bonds is 4. The van der Waals surface area contributed by atoms with Crippen molar-refractivity contribution in [2.45, 2.75) is 6.04 Å². The van der Waals surface area contributed by atoms with Crippen LogP contribution in [0.4, 0.5) is 13.2 Å². The van der Waals surface area contributed by atoms with E-state index < -0.39 is 40.9 Å². The van der Waals surface area contributed by atoms with Gasteiger partial charge in [0.2, 0.25) is 0 Å². The number of carbonyl (C=O) groups is 2. The number of amides is 1. The van der Waals surface area contributed by atoms with Gasteiger partial charge in [-0.25, -0.2) is 18.0 Å². The van der Waals surface area contributed by atoms with E-state index in [2.05, 4.69) is 10.1 Å². The largest absolute Gasteiger partial charge is 0.467 e. The van der Waals surface area contributed by atoms with Crippen molar-refractivity contribution in [3.63, 3.8) is 0 Å². The van der Waals surface area contributed by atoms with Gasteiger partial charge in [-0.05, 0) is 17.7 Å². The molecule has 0 aliphatic rings. The number of nitrogens with one attached hydrogen (secondary N) is 1. The van der Waals surface area contributed by atoms with Crippen LogP contribution in [-0.4, -0.2) is 19.0 Å². The molecule has 1 N–H and O–H groups in total. The van der Waals surface area contributed by atoms with Gasteiger partial charge in [0.1, 0.15) is 0 Å². The van der Waals surface area contributed by atoms with Gasteiger partial charge in [0.25, 0.3) is 5.91 Å². The molecule has 0 aromatic heterocycles. The van der Waals surface area contributed by atoms with Crippen molar-refractivity contribution in [3.05, 3.63) is 71.0 Å². The zero-order valence-electron chi connectivity index (χ0n) is 12.0. The second kappa shape index (κ2) is 6.95. The first-order chi connectivity index (χ1) is 10.9. The van der Waals surface area contributed by atoms with E-state index in [1.807, 2.05) is 0 Å². The molecule has 1 atom stereocenters. The van der Waals surface area contributed by atoms with E-state index >= 15 is 0 Å². The number of hydrogen-bond donors (Lipinski definition) is 1. The first-order valence-electron chi connectivity index (χ1n) is 6.52. The predicted octanol–water partition coefficient (Wildman–Crippen LogP) is 2.75. The molecule has 120 valence electrons. The van der Waals surface area contributed by atoms with E-state index in [1.54, 1.807) is 30.3 Å². The Bertz CT molecular complexity index is 712. The van der Waals surface area contributed by atoms with Crippen LogP contribution in [0.25, 0.3) is 0 Å². The average Bonchev–Trinajstić information content (AvgIpc) is 2.56. The highest BCUT2D eigenvalue weighted by Crippen LogP contribution is 2.17. The third-order valence-electron chi connectivity index (χ3n) is 3.09. The fourth-order valence-electron chi connectivity index (χ4n) is 1.94. The monoisotopic (exact) mass is 323 g/mol.